The van der Waals surface area contributed by atoms with Crippen LogP contribution in [0.4, 0.5) is 5.13 Å². The second kappa shape index (κ2) is 6.10. The zero-order valence-corrected chi connectivity index (χ0v) is 14.1. The molecule has 0 aliphatic heterocycles. The fourth-order valence-electron chi connectivity index (χ4n) is 2.36. The number of aryl methyl sites for hydroxylation is 1. The minimum atomic E-state index is -0.212. The van der Waals surface area contributed by atoms with E-state index in [1.54, 1.807) is 7.05 Å². The number of fused-ring (bicyclic) bond motifs is 1. The summed E-state index contributed by atoms with van der Waals surface area (Å²) >= 11 is 2.90. The molecule has 1 aromatic carbocycles. The minimum Gasteiger partial charge on any atom is -0.363 e. The Morgan fingerprint density at radius 3 is 2.86 bits per heavy atom. The van der Waals surface area contributed by atoms with Gasteiger partial charge in [-0.05, 0) is 19.9 Å². The summed E-state index contributed by atoms with van der Waals surface area (Å²) in [6.45, 7) is 3.85. The number of ketones is 1. The van der Waals surface area contributed by atoms with E-state index in [0.29, 0.717) is 0 Å². The smallest absolute Gasteiger partial charge is 0.206 e. The lowest BCUT2D eigenvalue weighted by Gasteiger charge is -2.08. The first kappa shape index (κ1) is 15.1. The predicted octanol–water partition coefficient (Wildman–Crippen LogP) is 3.73. The molecule has 0 bridgehead atoms. The number of aromatic amines is 1. The molecule has 2 N–H and O–H groups in total. The van der Waals surface area contributed by atoms with Crippen molar-refractivity contribution < 1.29 is 4.79 Å². The number of nitrogens with one attached hydrogen (secondary N) is 2. The second-order valence-electron chi connectivity index (χ2n) is 4.92. The van der Waals surface area contributed by atoms with Crippen molar-refractivity contribution in [1.29, 1.82) is 0 Å². The number of carbonyl (C=O) groups excluding carboxylic acids is 1. The van der Waals surface area contributed by atoms with Crippen molar-refractivity contribution in [3.63, 3.8) is 0 Å². The summed E-state index contributed by atoms with van der Waals surface area (Å²) < 4.78 is 0.794. The number of anilines is 1. The highest BCUT2D eigenvalue weighted by molar-refractivity contribution is 8.02. The molecular formula is C15H16N4OS2. The number of carbonyl (C=O) groups is 1. The minimum absolute atomic E-state index is 0.112. The summed E-state index contributed by atoms with van der Waals surface area (Å²) in [5.74, 6) is 0.112. The van der Waals surface area contributed by atoms with E-state index in [0.717, 1.165) is 31.6 Å². The van der Waals surface area contributed by atoms with Crippen LogP contribution in [0.1, 0.15) is 23.0 Å². The van der Waals surface area contributed by atoms with Crippen LogP contribution in [0.3, 0.4) is 0 Å². The van der Waals surface area contributed by atoms with Gasteiger partial charge >= 0.3 is 0 Å². The van der Waals surface area contributed by atoms with Crippen molar-refractivity contribution in [3.05, 3.63) is 35.5 Å². The molecule has 0 spiro atoms. The molecule has 3 aromatic rings. The summed E-state index contributed by atoms with van der Waals surface area (Å²) in [5.41, 5.74) is 2.68. The maximum atomic E-state index is 12.8. The molecule has 2 aromatic heterocycles. The van der Waals surface area contributed by atoms with Crippen LogP contribution in [0.25, 0.3) is 10.9 Å². The van der Waals surface area contributed by atoms with Gasteiger partial charge in [-0.15, -0.1) is 10.2 Å². The van der Waals surface area contributed by atoms with Crippen LogP contribution in [0.15, 0.2) is 28.6 Å². The highest BCUT2D eigenvalue weighted by Gasteiger charge is 2.23. The van der Waals surface area contributed by atoms with Gasteiger partial charge in [0.05, 0.1) is 5.25 Å². The van der Waals surface area contributed by atoms with Crippen molar-refractivity contribution in [2.75, 3.05) is 12.4 Å². The number of para-hydroxylation sites is 1. The van der Waals surface area contributed by atoms with Crippen molar-refractivity contribution in [2.24, 2.45) is 0 Å². The Balaban J connectivity index is 1.87. The molecule has 0 radical (unpaired) electrons. The number of rotatable bonds is 5. The number of thioether (sulfide) groups is 1. The number of nitrogens with zero attached hydrogens (tertiary/aromatic N) is 2. The number of Topliss-reactive ketones (excluding diaryl/α,β-unsaturated/α-hetero) is 1. The van der Waals surface area contributed by atoms with Gasteiger partial charge in [0.2, 0.25) is 5.13 Å². The van der Waals surface area contributed by atoms with Crippen LogP contribution in [-0.2, 0) is 0 Å². The van der Waals surface area contributed by atoms with Gasteiger partial charge in [-0.2, -0.15) is 0 Å². The molecule has 1 atom stereocenters. The van der Waals surface area contributed by atoms with E-state index < -0.39 is 0 Å². The molecule has 0 saturated heterocycles. The average molecular weight is 332 g/mol. The first-order chi connectivity index (χ1) is 10.6. The number of aromatic nitrogens is 3. The van der Waals surface area contributed by atoms with E-state index in [1.165, 1.54) is 23.1 Å². The van der Waals surface area contributed by atoms with Crippen molar-refractivity contribution in [2.45, 2.75) is 23.4 Å². The molecule has 5 nitrogen and oxygen atoms in total. The second-order valence-corrected chi connectivity index (χ2v) is 7.48. The first-order valence-corrected chi connectivity index (χ1v) is 8.59. The van der Waals surface area contributed by atoms with E-state index in [2.05, 4.69) is 20.5 Å². The Labute approximate surface area is 136 Å². The van der Waals surface area contributed by atoms with Crippen LogP contribution in [0.5, 0.6) is 0 Å². The molecule has 22 heavy (non-hydrogen) atoms. The monoisotopic (exact) mass is 332 g/mol. The third kappa shape index (κ3) is 2.74. The lowest BCUT2D eigenvalue weighted by atomic mass is 10.1. The molecule has 2 heterocycles. The van der Waals surface area contributed by atoms with Gasteiger partial charge in [-0.3, -0.25) is 4.79 Å². The molecule has 0 aliphatic carbocycles. The quantitative estimate of drug-likeness (QED) is 0.550. The molecule has 0 fully saturated rings. The summed E-state index contributed by atoms with van der Waals surface area (Å²) in [5, 5.41) is 12.6. The topological polar surface area (TPSA) is 70.7 Å². The van der Waals surface area contributed by atoms with Gasteiger partial charge in [-0.25, -0.2) is 0 Å². The summed E-state index contributed by atoms with van der Waals surface area (Å²) in [6, 6.07) is 7.88. The lowest BCUT2D eigenvalue weighted by Crippen LogP contribution is -2.14. The molecule has 3 rings (SSSR count). The van der Waals surface area contributed by atoms with Gasteiger partial charge in [0.15, 0.2) is 10.1 Å². The van der Waals surface area contributed by atoms with E-state index in [1.807, 2.05) is 38.1 Å². The van der Waals surface area contributed by atoms with Crippen LogP contribution < -0.4 is 5.32 Å². The molecule has 0 saturated carbocycles. The standard InChI is InChI=1S/C15H16N4OS2/c1-8-12(10-6-4-5-7-11(10)17-8)13(20)9(2)21-15-19-18-14(16-3)22-15/h4-7,9,17H,1-3H3,(H,16,18)/t9-/m0/s1. The Kier molecular flexibility index (Phi) is 4.17. The van der Waals surface area contributed by atoms with Gasteiger partial charge in [0.25, 0.3) is 0 Å². The van der Waals surface area contributed by atoms with Gasteiger partial charge in [-0.1, -0.05) is 41.3 Å². The van der Waals surface area contributed by atoms with Gasteiger partial charge in [0.1, 0.15) is 0 Å². The summed E-state index contributed by atoms with van der Waals surface area (Å²) in [6.07, 6.45) is 0. The highest BCUT2D eigenvalue weighted by atomic mass is 32.2. The number of hydrogen-bond donors (Lipinski definition) is 2. The Bertz CT molecular complexity index is 824. The van der Waals surface area contributed by atoms with Crippen molar-refractivity contribution >= 4 is 44.9 Å². The molecule has 0 amide bonds. The van der Waals surface area contributed by atoms with Crippen LogP contribution >= 0.6 is 23.1 Å². The third-order valence-electron chi connectivity index (χ3n) is 3.41. The van der Waals surface area contributed by atoms with Gasteiger partial charge < -0.3 is 10.3 Å². The molecule has 0 aliphatic rings. The fraction of sp³-hybridized carbons (Fsp3) is 0.267. The molecule has 114 valence electrons. The van der Waals surface area contributed by atoms with E-state index in [-0.39, 0.29) is 11.0 Å². The zero-order valence-electron chi connectivity index (χ0n) is 12.5. The van der Waals surface area contributed by atoms with Crippen LogP contribution in [-0.4, -0.2) is 33.3 Å². The van der Waals surface area contributed by atoms with E-state index >= 15 is 0 Å². The molecular weight excluding hydrogens is 316 g/mol. The Morgan fingerprint density at radius 1 is 1.36 bits per heavy atom. The average Bonchev–Trinajstić information content (AvgIpc) is 3.09. The SMILES string of the molecule is CNc1nnc(S[C@@H](C)C(=O)c2c(C)[nH]c3ccccc23)s1. The van der Waals surface area contributed by atoms with Crippen LogP contribution in [0.2, 0.25) is 0 Å². The number of benzene rings is 1. The third-order valence-corrected chi connectivity index (χ3v) is 5.53. The van der Waals surface area contributed by atoms with E-state index in [9.17, 15) is 4.79 Å². The Morgan fingerprint density at radius 2 is 2.14 bits per heavy atom. The van der Waals surface area contributed by atoms with Crippen LogP contribution in [0, 0.1) is 6.92 Å². The number of H-pyrrole nitrogens is 1. The Hall–Kier alpha value is -1.86. The normalized spacial score (nSPS) is 12.5. The van der Waals surface area contributed by atoms with Crippen molar-refractivity contribution in [3.8, 4) is 0 Å². The first-order valence-electron chi connectivity index (χ1n) is 6.89. The van der Waals surface area contributed by atoms with E-state index in [4.69, 9.17) is 0 Å². The maximum Gasteiger partial charge on any atom is 0.206 e. The summed E-state index contributed by atoms with van der Waals surface area (Å²) in [7, 11) is 1.80. The maximum absolute atomic E-state index is 12.8. The predicted molar refractivity (Wildman–Crippen MR) is 92.1 cm³/mol. The largest absolute Gasteiger partial charge is 0.363 e. The molecule has 0 unspecified atom stereocenters. The van der Waals surface area contributed by atoms with Crippen molar-refractivity contribution in [1.82, 2.24) is 15.2 Å². The zero-order chi connectivity index (χ0) is 15.7. The summed E-state index contributed by atoms with van der Waals surface area (Å²) in [4.78, 5) is 16.1. The fourth-order valence-corrected chi connectivity index (χ4v) is 4.27. The number of hydrogen-bond acceptors (Lipinski definition) is 6. The molecule has 7 heteroatoms. The van der Waals surface area contributed by atoms with Gasteiger partial charge in [0, 0.05) is 29.2 Å². The lowest BCUT2D eigenvalue weighted by molar-refractivity contribution is 0.0995. The highest BCUT2D eigenvalue weighted by Crippen LogP contribution is 2.32.